The van der Waals surface area contributed by atoms with Crippen LogP contribution in [0.3, 0.4) is 0 Å². The Morgan fingerprint density at radius 1 is 1.25 bits per heavy atom. The van der Waals surface area contributed by atoms with E-state index in [0.717, 1.165) is 31.7 Å². The van der Waals surface area contributed by atoms with E-state index in [-0.39, 0.29) is 24.4 Å². The summed E-state index contributed by atoms with van der Waals surface area (Å²) in [7, 11) is 1.67. The van der Waals surface area contributed by atoms with Gasteiger partial charge in [-0.15, -0.1) is 12.4 Å². The van der Waals surface area contributed by atoms with Crippen LogP contribution in [0.5, 0.6) is 5.75 Å². The van der Waals surface area contributed by atoms with E-state index in [1.165, 1.54) is 18.4 Å². The number of hydrogen-bond donors (Lipinski definition) is 2. The molecule has 6 heteroatoms. The zero-order valence-electron chi connectivity index (χ0n) is 14.2. The summed E-state index contributed by atoms with van der Waals surface area (Å²) < 4.78 is 5.21. The number of ether oxygens (including phenoxy) is 1. The molecule has 1 saturated heterocycles. The molecule has 0 aromatic heterocycles. The Kier molecular flexibility index (Phi) is 6.90. The molecule has 1 amide bonds. The van der Waals surface area contributed by atoms with Crippen molar-refractivity contribution in [3.8, 4) is 5.75 Å². The molecule has 2 aliphatic rings. The van der Waals surface area contributed by atoms with Crippen LogP contribution in [0.1, 0.15) is 37.3 Å². The molecule has 1 unspecified atom stereocenters. The lowest BCUT2D eigenvalue weighted by Crippen LogP contribution is -2.45. The quantitative estimate of drug-likeness (QED) is 0.822. The minimum atomic E-state index is 0. The number of likely N-dealkylation sites (tertiary alicyclic amines) is 1. The van der Waals surface area contributed by atoms with Crippen LogP contribution in [0.4, 0.5) is 0 Å². The molecule has 24 heavy (non-hydrogen) atoms. The molecular formula is C18H28ClN3O2. The number of carbonyl (C=O) groups excluding carboxylic acids is 1. The lowest BCUT2D eigenvalue weighted by Gasteiger charge is -2.30. The Morgan fingerprint density at radius 2 is 1.88 bits per heavy atom. The SMILES string of the molecule is COc1ccc(C(NC(=O)CN2CCC(N)CC2)C2CC2)cc1.Cl. The number of nitrogens with zero attached hydrogens (tertiary/aromatic N) is 1. The summed E-state index contributed by atoms with van der Waals surface area (Å²) in [6.07, 6.45) is 4.35. The van der Waals surface area contributed by atoms with Crippen molar-refractivity contribution in [3.63, 3.8) is 0 Å². The average molecular weight is 354 g/mol. The van der Waals surface area contributed by atoms with Gasteiger partial charge in [0.15, 0.2) is 0 Å². The van der Waals surface area contributed by atoms with Gasteiger partial charge in [-0.25, -0.2) is 0 Å². The number of hydrogen-bond acceptors (Lipinski definition) is 4. The number of rotatable bonds is 6. The fraction of sp³-hybridized carbons (Fsp3) is 0.611. The number of halogens is 1. The Bertz CT molecular complexity index is 526. The number of carbonyl (C=O) groups is 1. The molecule has 3 rings (SSSR count). The Labute approximate surface area is 150 Å². The monoisotopic (exact) mass is 353 g/mol. The first-order valence-corrected chi connectivity index (χ1v) is 8.57. The molecule has 0 radical (unpaired) electrons. The van der Waals surface area contributed by atoms with Crippen molar-refractivity contribution in [3.05, 3.63) is 29.8 Å². The minimum absolute atomic E-state index is 0. The molecule has 0 spiro atoms. The topological polar surface area (TPSA) is 67.6 Å². The molecule has 134 valence electrons. The Hall–Kier alpha value is -1.30. The maximum atomic E-state index is 12.4. The molecule has 1 aliphatic heterocycles. The maximum Gasteiger partial charge on any atom is 0.234 e. The van der Waals surface area contributed by atoms with Gasteiger partial charge in [0.1, 0.15) is 5.75 Å². The highest BCUT2D eigenvalue weighted by atomic mass is 35.5. The third-order valence-corrected chi connectivity index (χ3v) is 4.88. The van der Waals surface area contributed by atoms with Crippen LogP contribution < -0.4 is 15.8 Å². The first-order chi connectivity index (χ1) is 11.2. The van der Waals surface area contributed by atoms with Gasteiger partial charge in [0.05, 0.1) is 19.7 Å². The van der Waals surface area contributed by atoms with Crippen molar-refractivity contribution in [2.75, 3.05) is 26.7 Å². The molecule has 1 heterocycles. The number of piperidine rings is 1. The zero-order chi connectivity index (χ0) is 16.2. The first-order valence-electron chi connectivity index (χ1n) is 8.57. The second kappa shape index (κ2) is 8.70. The van der Waals surface area contributed by atoms with E-state index < -0.39 is 0 Å². The highest BCUT2D eigenvalue weighted by molar-refractivity contribution is 5.85. The van der Waals surface area contributed by atoms with Crippen molar-refractivity contribution >= 4 is 18.3 Å². The highest BCUT2D eigenvalue weighted by Crippen LogP contribution is 2.41. The smallest absolute Gasteiger partial charge is 0.234 e. The predicted molar refractivity (Wildman–Crippen MR) is 97.5 cm³/mol. The van der Waals surface area contributed by atoms with E-state index in [0.29, 0.717) is 18.5 Å². The fourth-order valence-electron chi connectivity index (χ4n) is 3.25. The summed E-state index contributed by atoms with van der Waals surface area (Å²) >= 11 is 0. The Balaban J connectivity index is 0.00000208. The van der Waals surface area contributed by atoms with Gasteiger partial charge < -0.3 is 15.8 Å². The Morgan fingerprint density at radius 3 is 2.42 bits per heavy atom. The van der Waals surface area contributed by atoms with Crippen LogP contribution in [0, 0.1) is 5.92 Å². The van der Waals surface area contributed by atoms with Gasteiger partial charge in [-0.2, -0.15) is 0 Å². The van der Waals surface area contributed by atoms with Crippen LogP contribution >= 0.6 is 12.4 Å². The van der Waals surface area contributed by atoms with Crippen molar-refractivity contribution in [2.24, 2.45) is 11.7 Å². The van der Waals surface area contributed by atoms with Gasteiger partial charge >= 0.3 is 0 Å². The molecule has 1 aliphatic carbocycles. The zero-order valence-corrected chi connectivity index (χ0v) is 15.1. The van der Waals surface area contributed by atoms with Gasteiger partial charge in [-0.1, -0.05) is 12.1 Å². The van der Waals surface area contributed by atoms with E-state index in [1.54, 1.807) is 7.11 Å². The molecule has 3 N–H and O–H groups in total. The molecule has 1 aromatic carbocycles. The van der Waals surface area contributed by atoms with Crippen molar-refractivity contribution in [2.45, 2.75) is 37.8 Å². The van der Waals surface area contributed by atoms with E-state index in [4.69, 9.17) is 10.5 Å². The maximum absolute atomic E-state index is 12.4. The lowest BCUT2D eigenvalue weighted by molar-refractivity contribution is -0.123. The molecule has 0 bridgehead atoms. The number of amides is 1. The molecule has 1 saturated carbocycles. The molecule has 1 aromatic rings. The van der Waals surface area contributed by atoms with Crippen LogP contribution in [-0.4, -0.2) is 43.6 Å². The standard InChI is InChI=1S/C18H27N3O2.ClH/c1-23-16-6-4-14(5-7-16)18(13-2-3-13)20-17(22)12-21-10-8-15(19)9-11-21;/h4-7,13,15,18H,2-3,8-12,19H2,1H3,(H,20,22);1H. The normalized spacial score (nSPS) is 20.1. The average Bonchev–Trinajstić information content (AvgIpc) is 3.40. The highest BCUT2D eigenvalue weighted by Gasteiger charge is 2.33. The van der Waals surface area contributed by atoms with Crippen LogP contribution in [0.15, 0.2) is 24.3 Å². The molecule has 5 nitrogen and oxygen atoms in total. The van der Waals surface area contributed by atoms with E-state index in [1.807, 2.05) is 12.1 Å². The van der Waals surface area contributed by atoms with E-state index in [9.17, 15) is 4.79 Å². The summed E-state index contributed by atoms with van der Waals surface area (Å²) in [5.74, 6) is 1.54. The van der Waals surface area contributed by atoms with Crippen molar-refractivity contribution < 1.29 is 9.53 Å². The third kappa shape index (κ3) is 5.10. The molecule has 1 atom stereocenters. The van der Waals surface area contributed by atoms with Gasteiger partial charge in [-0.3, -0.25) is 9.69 Å². The lowest BCUT2D eigenvalue weighted by atomic mass is 10.0. The summed E-state index contributed by atoms with van der Waals surface area (Å²) in [5, 5.41) is 3.24. The van der Waals surface area contributed by atoms with Crippen LogP contribution in [0.25, 0.3) is 0 Å². The van der Waals surface area contributed by atoms with Crippen LogP contribution in [-0.2, 0) is 4.79 Å². The van der Waals surface area contributed by atoms with Gasteiger partial charge in [0, 0.05) is 19.1 Å². The largest absolute Gasteiger partial charge is 0.497 e. The second-order valence-electron chi connectivity index (χ2n) is 6.77. The number of nitrogens with one attached hydrogen (secondary N) is 1. The van der Waals surface area contributed by atoms with E-state index in [2.05, 4.69) is 22.3 Å². The third-order valence-electron chi connectivity index (χ3n) is 4.88. The number of methoxy groups -OCH3 is 1. The molecular weight excluding hydrogens is 326 g/mol. The summed E-state index contributed by atoms with van der Waals surface area (Å²) in [5.41, 5.74) is 7.09. The summed E-state index contributed by atoms with van der Waals surface area (Å²) in [6.45, 7) is 2.32. The van der Waals surface area contributed by atoms with Gasteiger partial charge in [-0.05, 0) is 49.3 Å². The summed E-state index contributed by atoms with van der Waals surface area (Å²) in [4.78, 5) is 14.6. The van der Waals surface area contributed by atoms with Crippen molar-refractivity contribution in [1.29, 1.82) is 0 Å². The fourth-order valence-corrected chi connectivity index (χ4v) is 3.25. The predicted octanol–water partition coefficient (Wildman–Crippen LogP) is 2.11. The molecule has 2 fully saturated rings. The van der Waals surface area contributed by atoms with Crippen molar-refractivity contribution in [1.82, 2.24) is 10.2 Å². The van der Waals surface area contributed by atoms with Gasteiger partial charge in [0.2, 0.25) is 5.91 Å². The summed E-state index contributed by atoms with van der Waals surface area (Å²) in [6, 6.07) is 8.46. The number of benzene rings is 1. The van der Waals surface area contributed by atoms with E-state index >= 15 is 0 Å². The van der Waals surface area contributed by atoms with Crippen LogP contribution in [0.2, 0.25) is 0 Å². The number of nitrogens with two attached hydrogens (primary N) is 1. The second-order valence-corrected chi connectivity index (χ2v) is 6.77. The van der Waals surface area contributed by atoms with Gasteiger partial charge in [0.25, 0.3) is 0 Å². The first kappa shape index (κ1) is 19.0. The minimum Gasteiger partial charge on any atom is -0.497 e.